The molecule has 2 aromatic rings. The van der Waals surface area contributed by atoms with Gasteiger partial charge < -0.3 is 14.4 Å². The van der Waals surface area contributed by atoms with E-state index in [0.717, 1.165) is 10.6 Å². The van der Waals surface area contributed by atoms with E-state index in [1.54, 1.807) is 53.4 Å². The van der Waals surface area contributed by atoms with E-state index >= 15 is 0 Å². The van der Waals surface area contributed by atoms with E-state index in [1.165, 1.54) is 4.90 Å². The maximum absolute atomic E-state index is 12.6. The van der Waals surface area contributed by atoms with Crippen molar-refractivity contribution in [2.45, 2.75) is 20.0 Å². The zero-order valence-electron chi connectivity index (χ0n) is 18.5. The van der Waals surface area contributed by atoms with Crippen molar-refractivity contribution in [1.29, 1.82) is 0 Å². The summed E-state index contributed by atoms with van der Waals surface area (Å²) >= 11 is 0. The molecule has 3 aliphatic rings. The fourth-order valence-electron chi connectivity index (χ4n) is 4.04. The number of amides is 4. The summed E-state index contributed by atoms with van der Waals surface area (Å²) in [5.41, 5.74) is 2.07. The molecule has 4 amide bonds. The fraction of sp³-hybridized carbons (Fsp3) is 0.333. The molecule has 2 aromatic carbocycles. The Labute approximate surface area is 191 Å². The second-order valence-corrected chi connectivity index (χ2v) is 7.50. The number of ether oxygens (including phenoxy) is 2. The lowest BCUT2D eigenvalue weighted by atomic mass is 10.1. The van der Waals surface area contributed by atoms with Crippen LogP contribution >= 0.6 is 0 Å². The molecule has 0 spiro atoms. The average Bonchev–Trinajstić information content (AvgIpc) is 3.33. The van der Waals surface area contributed by atoms with Crippen LogP contribution in [0.15, 0.2) is 48.5 Å². The predicted octanol–water partition coefficient (Wildman–Crippen LogP) is 2.70. The van der Waals surface area contributed by atoms with Crippen LogP contribution in [0.25, 0.3) is 0 Å². The van der Waals surface area contributed by atoms with Crippen molar-refractivity contribution in [3.63, 3.8) is 0 Å². The van der Waals surface area contributed by atoms with Crippen LogP contribution in [0.5, 0.6) is 0 Å². The lowest BCUT2D eigenvalue weighted by Gasteiger charge is -2.27. The molecule has 9 nitrogen and oxygen atoms in total. The average molecular weight is 451 g/mol. The molecule has 2 saturated heterocycles. The lowest BCUT2D eigenvalue weighted by molar-refractivity contribution is -0.125. The number of nitrogens with zero attached hydrogens (tertiary/aromatic N) is 3. The summed E-state index contributed by atoms with van der Waals surface area (Å²) in [4.78, 5) is 53.7. The number of hydrogen-bond donors (Lipinski definition) is 0. The van der Waals surface area contributed by atoms with Crippen molar-refractivity contribution >= 4 is 35.2 Å². The number of anilines is 2. The number of imide groups is 1. The summed E-state index contributed by atoms with van der Waals surface area (Å²) in [6.07, 6.45) is -1.17. The van der Waals surface area contributed by atoms with E-state index in [9.17, 15) is 19.2 Å². The van der Waals surface area contributed by atoms with Gasteiger partial charge in [0, 0.05) is 17.9 Å². The van der Waals surface area contributed by atoms with Crippen LogP contribution in [-0.4, -0.2) is 67.7 Å². The summed E-state index contributed by atoms with van der Waals surface area (Å²) < 4.78 is 10.6. The Hall–Kier alpha value is -3.72. The van der Waals surface area contributed by atoms with Gasteiger partial charge in [0.1, 0.15) is 12.7 Å². The van der Waals surface area contributed by atoms with Gasteiger partial charge in [-0.2, -0.15) is 0 Å². The Kier molecular flexibility index (Phi) is 6.41. The Bertz CT molecular complexity index is 1050. The molecule has 9 heteroatoms. The van der Waals surface area contributed by atoms with Gasteiger partial charge in [-0.15, -0.1) is 0 Å². The Morgan fingerprint density at radius 2 is 1.42 bits per heavy atom. The monoisotopic (exact) mass is 451 g/mol. The Morgan fingerprint density at radius 1 is 0.848 bits per heavy atom. The molecule has 1 atom stereocenters. The minimum absolute atomic E-state index is 0.00501. The van der Waals surface area contributed by atoms with Gasteiger partial charge in [0.05, 0.1) is 30.8 Å². The van der Waals surface area contributed by atoms with Gasteiger partial charge in [-0.1, -0.05) is 26.0 Å². The van der Waals surface area contributed by atoms with Crippen LogP contribution in [0, 0.1) is 0 Å². The van der Waals surface area contributed by atoms with E-state index in [2.05, 4.69) is 0 Å². The van der Waals surface area contributed by atoms with Crippen molar-refractivity contribution in [3.8, 4) is 0 Å². The number of morpholine rings is 1. The van der Waals surface area contributed by atoms with Gasteiger partial charge in [-0.3, -0.25) is 24.2 Å². The van der Waals surface area contributed by atoms with Crippen LogP contribution in [0.2, 0.25) is 0 Å². The molecule has 3 aliphatic heterocycles. The summed E-state index contributed by atoms with van der Waals surface area (Å²) in [6, 6.07) is 13.7. The topological polar surface area (TPSA) is 96.5 Å². The van der Waals surface area contributed by atoms with Crippen LogP contribution in [0.1, 0.15) is 34.6 Å². The molecule has 0 aliphatic carbocycles. The van der Waals surface area contributed by atoms with Crippen LogP contribution < -0.4 is 9.80 Å². The molecule has 5 rings (SSSR count). The minimum atomic E-state index is -0.629. The van der Waals surface area contributed by atoms with Gasteiger partial charge in [-0.25, -0.2) is 4.79 Å². The number of carbonyl (C=O) groups excluding carboxylic acids is 4. The molecule has 33 heavy (non-hydrogen) atoms. The lowest BCUT2D eigenvalue weighted by Crippen LogP contribution is -2.41. The van der Waals surface area contributed by atoms with Crippen molar-refractivity contribution < 1.29 is 28.7 Å². The molecule has 2 fully saturated rings. The van der Waals surface area contributed by atoms with E-state index in [0.29, 0.717) is 30.0 Å². The van der Waals surface area contributed by atoms with Gasteiger partial charge in [-0.05, 0) is 36.4 Å². The molecule has 3 heterocycles. The zero-order chi connectivity index (χ0) is 23.5. The Morgan fingerprint density at radius 3 is 2.00 bits per heavy atom. The molecule has 172 valence electrons. The van der Waals surface area contributed by atoms with Crippen LogP contribution in [-0.2, 0) is 14.3 Å². The summed E-state index contributed by atoms with van der Waals surface area (Å²) in [5.74, 6) is -0.871. The number of carbonyl (C=O) groups is 4. The van der Waals surface area contributed by atoms with Gasteiger partial charge >= 0.3 is 6.09 Å². The van der Waals surface area contributed by atoms with E-state index in [4.69, 9.17) is 9.47 Å². The molecular formula is C24H25N3O6. The smallest absolute Gasteiger partial charge is 0.414 e. The number of rotatable bonds is 4. The van der Waals surface area contributed by atoms with Crippen molar-refractivity contribution in [2.75, 3.05) is 42.6 Å². The third-order valence-corrected chi connectivity index (χ3v) is 5.60. The van der Waals surface area contributed by atoms with E-state index < -0.39 is 12.2 Å². The van der Waals surface area contributed by atoms with Crippen molar-refractivity contribution in [3.05, 3.63) is 59.7 Å². The molecule has 0 N–H and O–H groups in total. The van der Waals surface area contributed by atoms with Gasteiger partial charge in [0.25, 0.3) is 17.7 Å². The predicted molar refractivity (Wildman–Crippen MR) is 120 cm³/mol. The maximum atomic E-state index is 12.6. The first-order valence-electron chi connectivity index (χ1n) is 10.9. The highest BCUT2D eigenvalue weighted by Gasteiger charge is 2.40. The zero-order valence-corrected chi connectivity index (χ0v) is 18.5. The number of fused-ring (bicyclic) bond motifs is 1. The third-order valence-electron chi connectivity index (χ3n) is 5.60. The minimum Gasteiger partial charge on any atom is -0.442 e. The number of hydrogen-bond acceptors (Lipinski definition) is 6. The standard InChI is InChI=1S/C22H19N3O6.C2H6/c26-19-13-30-10-9-23(19)14-5-7-15(8-6-14)24-11-16(31-22(24)29)12-25-20(27)17-3-1-2-4-18(17)21(25)28;1-2/h1-8,16H,9-13H2;1-2H3. The SMILES string of the molecule is CC.O=C1c2ccccc2C(=O)N1CC1CN(c2ccc(N3CCOCC3=O)cc2)C(=O)O1. The summed E-state index contributed by atoms with van der Waals surface area (Å²) in [5, 5.41) is 0. The summed E-state index contributed by atoms with van der Waals surface area (Å²) in [7, 11) is 0. The van der Waals surface area contributed by atoms with Crippen LogP contribution in [0.4, 0.5) is 16.2 Å². The van der Waals surface area contributed by atoms with Crippen LogP contribution in [0.3, 0.4) is 0 Å². The molecule has 0 bridgehead atoms. The number of benzene rings is 2. The van der Waals surface area contributed by atoms with E-state index in [-0.39, 0.29) is 37.4 Å². The summed E-state index contributed by atoms with van der Waals surface area (Å²) in [6.45, 7) is 5.22. The van der Waals surface area contributed by atoms with E-state index in [1.807, 2.05) is 13.8 Å². The maximum Gasteiger partial charge on any atom is 0.414 e. The highest BCUT2D eigenvalue weighted by molar-refractivity contribution is 6.21. The second kappa shape index (κ2) is 9.41. The quantitative estimate of drug-likeness (QED) is 0.663. The molecule has 0 radical (unpaired) electrons. The molecule has 0 aromatic heterocycles. The highest BCUT2D eigenvalue weighted by Crippen LogP contribution is 2.28. The first kappa shape index (κ1) is 22.5. The normalized spacial score (nSPS) is 19.9. The first-order valence-corrected chi connectivity index (χ1v) is 10.9. The highest BCUT2D eigenvalue weighted by atomic mass is 16.6. The van der Waals surface area contributed by atoms with Crippen molar-refractivity contribution in [1.82, 2.24) is 4.90 Å². The van der Waals surface area contributed by atoms with Gasteiger partial charge in [0.15, 0.2) is 0 Å². The molecular weight excluding hydrogens is 426 g/mol. The fourth-order valence-corrected chi connectivity index (χ4v) is 4.04. The first-order chi connectivity index (χ1) is 16.0. The Balaban J connectivity index is 0.00000126. The molecule has 1 unspecified atom stereocenters. The largest absolute Gasteiger partial charge is 0.442 e. The molecule has 0 saturated carbocycles. The number of cyclic esters (lactones) is 1. The third kappa shape index (κ3) is 4.19. The second-order valence-electron chi connectivity index (χ2n) is 7.50. The van der Waals surface area contributed by atoms with Gasteiger partial charge in [0.2, 0.25) is 0 Å². The van der Waals surface area contributed by atoms with Crippen molar-refractivity contribution in [2.24, 2.45) is 0 Å².